The van der Waals surface area contributed by atoms with Crippen molar-refractivity contribution in [1.29, 1.82) is 0 Å². The second-order valence-corrected chi connectivity index (χ2v) is 5.45. The summed E-state index contributed by atoms with van der Waals surface area (Å²) < 4.78 is 1.81. The summed E-state index contributed by atoms with van der Waals surface area (Å²) in [6.45, 7) is 4.08. The van der Waals surface area contributed by atoms with Crippen LogP contribution in [0.15, 0.2) is 24.3 Å². The summed E-state index contributed by atoms with van der Waals surface area (Å²) in [4.78, 5) is 12.2. The van der Waals surface area contributed by atoms with Crippen LogP contribution in [0, 0.1) is 12.8 Å². The molecule has 0 aliphatic heterocycles. The highest BCUT2D eigenvalue weighted by atomic mass is 16.1. The molecule has 1 aromatic heterocycles. The van der Waals surface area contributed by atoms with E-state index in [2.05, 4.69) is 5.10 Å². The second-order valence-electron chi connectivity index (χ2n) is 5.45. The molecule has 20 heavy (non-hydrogen) atoms. The summed E-state index contributed by atoms with van der Waals surface area (Å²) >= 11 is 0. The molecule has 2 N–H and O–H groups in total. The van der Waals surface area contributed by atoms with Gasteiger partial charge in [-0.25, -0.2) is 4.68 Å². The first kappa shape index (κ1) is 12.9. The number of nitrogen functional groups attached to an aromatic ring is 1. The van der Waals surface area contributed by atoms with Crippen LogP contribution in [0.5, 0.6) is 0 Å². The summed E-state index contributed by atoms with van der Waals surface area (Å²) in [5, 5.41) is 4.48. The molecule has 0 unspecified atom stereocenters. The molecule has 1 heterocycles. The summed E-state index contributed by atoms with van der Waals surface area (Å²) in [5.41, 5.74) is 10.2. The molecule has 4 heteroatoms. The number of nitrogens with two attached hydrogens (primary N) is 1. The van der Waals surface area contributed by atoms with Gasteiger partial charge in [-0.1, -0.05) is 24.6 Å². The lowest BCUT2D eigenvalue weighted by Crippen LogP contribution is -2.06. The minimum absolute atomic E-state index is 0.100. The monoisotopic (exact) mass is 269 g/mol. The lowest BCUT2D eigenvalue weighted by atomic mass is 10.1. The standard InChI is InChI=1S/C16H19N3O/c1-3-13-14(17)15(16(20)11-6-7-11)18-19(13)12-8-4-10(2)5-9-12/h4-5,8-9,11H,3,6-7,17H2,1-2H3. The molecule has 1 fully saturated rings. The maximum Gasteiger partial charge on any atom is 0.188 e. The Morgan fingerprint density at radius 1 is 1.35 bits per heavy atom. The quantitative estimate of drug-likeness (QED) is 0.868. The fraction of sp³-hybridized carbons (Fsp3) is 0.375. The van der Waals surface area contributed by atoms with Gasteiger partial charge in [-0.05, 0) is 38.3 Å². The van der Waals surface area contributed by atoms with E-state index in [9.17, 15) is 4.79 Å². The maximum atomic E-state index is 12.2. The van der Waals surface area contributed by atoms with Crippen molar-refractivity contribution in [3.8, 4) is 5.69 Å². The molecule has 3 rings (SSSR count). The topological polar surface area (TPSA) is 60.9 Å². The lowest BCUT2D eigenvalue weighted by Gasteiger charge is -2.06. The van der Waals surface area contributed by atoms with Crippen molar-refractivity contribution in [3.63, 3.8) is 0 Å². The van der Waals surface area contributed by atoms with Crippen LogP contribution in [0.4, 0.5) is 5.69 Å². The van der Waals surface area contributed by atoms with Crippen molar-refractivity contribution in [3.05, 3.63) is 41.2 Å². The van der Waals surface area contributed by atoms with Crippen LogP contribution in [0.2, 0.25) is 0 Å². The average molecular weight is 269 g/mol. The maximum absolute atomic E-state index is 12.2. The van der Waals surface area contributed by atoms with E-state index in [0.29, 0.717) is 11.4 Å². The molecule has 1 aromatic carbocycles. The van der Waals surface area contributed by atoms with Crippen molar-refractivity contribution in [2.24, 2.45) is 5.92 Å². The van der Waals surface area contributed by atoms with E-state index in [1.54, 1.807) is 0 Å². The van der Waals surface area contributed by atoms with Gasteiger partial charge in [0, 0.05) is 5.92 Å². The number of hydrogen-bond donors (Lipinski definition) is 1. The SMILES string of the molecule is CCc1c(N)c(C(=O)C2CC2)nn1-c1ccc(C)cc1. The van der Waals surface area contributed by atoms with Crippen LogP contribution in [0.25, 0.3) is 5.69 Å². The van der Waals surface area contributed by atoms with Gasteiger partial charge in [0.05, 0.1) is 17.1 Å². The first-order chi connectivity index (χ1) is 9.61. The largest absolute Gasteiger partial charge is 0.395 e. The molecular formula is C16H19N3O. The van der Waals surface area contributed by atoms with Crippen LogP contribution in [-0.2, 0) is 6.42 Å². The van der Waals surface area contributed by atoms with Gasteiger partial charge in [-0.2, -0.15) is 5.10 Å². The molecule has 1 aliphatic rings. The summed E-state index contributed by atoms with van der Waals surface area (Å²) in [6.07, 6.45) is 2.69. The van der Waals surface area contributed by atoms with E-state index < -0.39 is 0 Å². The average Bonchev–Trinajstić information content (AvgIpc) is 3.23. The van der Waals surface area contributed by atoms with Crippen LogP contribution < -0.4 is 5.73 Å². The third kappa shape index (κ3) is 2.11. The molecule has 0 bridgehead atoms. The van der Waals surface area contributed by atoms with E-state index in [4.69, 9.17) is 5.73 Å². The predicted octanol–water partition coefficient (Wildman–Crippen LogP) is 2.92. The van der Waals surface area contributed by atoms with Crippen molar-refractivity contribution in [2.75, 3.05) is 5.73 Å². The number of anilines is 1. The fourth-order valence-corrected chi connectivity index (χ4v) is 2.43. The van der Waals surface area contributed by atoms with Crippen molar-refractivity contribution >= 4 is 11.5 Å². The Hall–Kier alpha value is -2.10. The van der Waals surface area contributed by atoms with Crippen LogP contribution in [0.1, 0.15) is 41.5 Å². The normalized spacial score (nSPS) is 14.5. The minimum atomic E-state index is 0.100. The van der Waals surface area contributed by atoms with Gasteiger partial charge in [0.1, 0.15) is 0 Å². The summed E-state index contributed by atoms with van der Waals surface area (Å²) in [6, 6.07) is 8.09. The van der Waals surface area contributed by atoms with Gasteiger partial charge >= 0.3 is 0 Å². The summed E-state index contributed by atoms with van der Waals surface area (Å²) in [5.74, 6) is 0.242. The molecule has 0 spiro atoms. The number of aromatic nitrogens is 2. The van der Waals surface area contributed by atoms with E-state index in [1.807, 2.05) is 42.8 Å². The van der Waals surface area contributed by atoms with E-state index in [-0.39, 0.29) is 11.7 Å². The zero-order valence-corrected chi connectivity index (χ0v) is 11.9. The molecule has 1 aliphatic carbocycles. The van der Waals surface area contributed by atoms with Crippen LogP contribution >= 0.6 is 0 Å². The number of ketones is 1. The molecule has 1 saturated carbocycles. The first-order valence-electron chi connectivity index (χ1n) is 7.10. The Balaban J connectivity index is 2.08. The second kappa shape index (κ2) is 4.78. The molecular weight excluding hydrogens is 250 g/mol. The van der Waals surface area contributed by atoms with Gasteiger partial charge < -0.3 is 5.73 Å². The number of benzene rings is 1. The molecule has 0 saturated heterocycles. The highest BCUT2D eigenvalue weighted by Gasteiger charge is 2.34. The minimum Gasteiger partial charge on any atom is -0.395 e. The van der Waals surface area contributed by atoms with Gasteiger partial charge in [-0.15, -0.1) is 0 Å². The van der Waals surface area contributed by atoms with Gasteiger partial charge in [0.15, 0.2) is 11.5 Å². The Bertz CT molecular complexity index is 651. The molecule has 4 nitrogen and oxygen atoms in total. The van der Waals surface area contributed by atoms with Crippen molar-refractivity contribution in [2.45, 2.75) is 33.1 Å². The number of aryl methyl sites for hydroxylation is 1. The Kier molecular flexibility index (Phi) is 3.08. The first-order valence-corrected chi connectivity index (χ1v) is 7.10. The molecule has 2 aromatic rings. The van der Waals surface area contributed by atoms with Crippen LogP contribution in [0.3, 0.4) is 0 Å². The van der Waals surface area contributed by atoms with Gasteiger partial charge in [-0.3, -0.25) is 4.79 Å². The van der Waals surface area contributed by atoms with E-state index in [0.717, 1.165) is 30.6 Å². The third-order valence-electron chi connectivity index (χ3n) is 3.82. The Labute approximate surface area is 118 Å². The number of carbonyl (C=O) groups is 1. The van der Waals surface area contributed by atoms with Gasteiger partial charge in [0.25, 0.3) is 0 Å². The van der Waals surface area contributed by atoms with Crippen molar-refractivity contribution in [1.82, 2.24) is 9.78 Å². The molecule has 0 atom stereocenters. The summed E-state index contributed by atoms with van der Waals surface area (Å²) in [7, 11) is 0. The number of nitrogens with zero attached hydrogens (tertiary/aromatic N) is 2. The number of carbonyl (C=O) groups excluding carboxylic acids is 1. The lowest BCUT2D eigenvalue weighted by molar-refractivity contribution is 0.0963. The Morgan fingerprint density at radius 2 is 2.00 bits per heavy atom. The number of rotatable bonds is 4. The molecule has 0 radical (unpaired) electrons. The van der Waals surface area contributed by atoms with E-state index >= 15 is 0 Å². The van der Waals surface area contributed by atoms with Crippen LogP contribution in [-0.4, -0.2) is 15.6 Å². The number of hydrogen-bond acceptors (Lipinski definition) is 3. The third-order valence-corrected chi connectivity index (χ3v) is 3.82. The fourth-order valence-electron chi connectivity index (χ4n) is 2.43. The Morgan fingerprint density at radius 3 is 2.55 bits per heavy atom. The molecule has 0 amide bonds. The van der Waals surface area contributed by atoms with Gasteiger partial charge in [0.2, 0.25) is 0 Å². The predicted molar refractivity (Wildman–Crippen MR) is 79.1 cm³/mol. The highest BCUT2D eigenvalue weighted by Crippen LogP contribution is 2.35. The van der Waals surface area contributed by atoms with Crippen molar-refractivity contribution < 1.29 is 4.79 Å². The highest BCUT2D eigenvalue weighted by molar-refractivity contribution is 6.02. The smallest absolute Gasteiger partial charge is 0.188 e. The number of Topliss-reactive ketones (excluding diaryl/α,β-unsaturated/α-hetero) is 1. The van der Waals surface area contributed by atoms with E-state index in [1.165, 1.54) is 5.56 Å². The zero-order chi connectivity index (χ0) is 14.3. The molecule has 104 valence electrons. The zero-order valence-electron chi connectivity index (χ0n) is 11.9.